The fourth-order valence-electron chi connectivity index (χ4n) is 4.30. The van der Waals surface area contributed by atoms with E-state index in [1.54, 1.807) is 7.11 Å². The van der Waals surface area contributed by atoms with Crippen LogP contribution in [0, 0.1) is 11.8 Å². The van der Waals surface area contributed by atoms with E-state index in [2.05, 4.69) is 31.4 Å². The van der Waals surface area contributed by atoms with E-state index in [0.717, 1.165) is 51.1 Å². The van der Waals surface area contributed by atoms with Crippen molar-refractivity contribution in [2.45, 2.75) is 25.7 Å². The van der Waals surface area contributed by atoms with E-state index in [1.165, 1.54) is 37.9 Å². The Morgan fingerprint density at radius 2 is 2.04 bits per heavy atom. The number of methoxy groups -OCH3 is 1. The number of aliphatic imine (C=N–C) groups is 1. The fourth-order valence-corrected chi connectivity index (χ4v) is 4.30. The number of guanidine groups is 1. The fraction of sp³-hybridized carbons (Fsp3) is 0.800. The molecule has 0 aromatic carbocycles. The molecule has 1 aromatic heterocycles. The van der Waals surface area contributed by atoms with Crippen molar-refractivity contribution in [3.8, 4) is 0 Å². The van der Waals surface area contributed by atoms with E-state index in [0.29, 0.717) is 5.92 Å². The summed E-state index contributed by atoms with van der Waals surface area (Å²) in [6, 6.07) is 0. The minimum Gasteiger partial charge on any atom is -0.383 e. The Morgan fingerprint density at radius 3 is 2.70 bits per heavy atom. The summed E-state index contributed by atoms with van der Waals surface area (Å²) in [5.74, 6) is 2.51. The molecule has 0 spiro atoms. The molecular weight excluding hydrogens is 340 g/mol. The zero-order chi connectivity index (χ0) is 19.1. The normalized spacial score (nSPS) is 22.6. The summed E-state index contributed by atoms with van der Waals surface area (Å²) in [5, 5.41) is 7.93. The van der Waals surface area contributed by atoms with E-state index in [-0.39, 0.29) is 0 Å². The van der Waals surface area contributed by atoms with Crippen LogP contribution >= 0.6 is 0 Å². The first kappa shape index (κ1) is 20.1. The molecule has 0 radical (unpaired) electrons. The van der Waals surface area contributed by atoms with Crippen LogP contribution < -0.4 is 5.32 Å². The van der Waals surface area contributed by atoms with Gasteiger partial charge in [-0.15, -0.1) is 0 Å². The molecule has 1 unspecified atom stereocenters. The van der Waals surface area contributed by atoms with Gasteiger partial charge in [0.15, 0.2) is 5.96 Å². The van der Waals surface area contributed by atoms with Gasteiger partial charge in [0.05, 0.1) is 12.8 Å². The average Bonchev–Trinajstić information content (AvgIpc) is 3.31. The molecular formula is C20H36N6O. The van der Waals surface area contributed by atoms with Crippen molar-refractivity contribution < 1.29 is 4.74 Å². The molecule has 3 heterocycles. The Bertz CT molecular complexity index is 593. The molecule has 2 aliphatic rings. The molecule has 2 saturated heterocycles. The standard InChI is InChI=1S/C20H36N6O/c1-21-20(22-13-17-4-7-25(8-5-17)10-11-27-3)26-9-6-18(16-26)12-19-14-23-24(2)15-19/h14-15,17-18H,4-13,16H2,1-3H3,(H,21,22). The third-order valence-electron chi connectivity index (χ3n) is 5.95. The van der Waals surface area contributed by atoms with Crippen LogP contribution in [0.1, 0.15) is 24.8 Å². The number of hydrogen-bond donors (Lipinski definition) is 1. The van der Waals surface area contributed by atoms with Gasteiger partial charge in [0.1, 0.15) is 0 Å². The Hall–Kier alpha value is -1.60. The Balaban J connectivity index is 1.38. The lowest BCUT2D eigenvalue weighted by Crippen LogP contribution is -2.44. The summed E-state index contributed by atoms with van der Waals surface area (Å²) < 4.78 is 7.08. The highest BCUT2D eigenvalue weighted by molar-refractivity contribution is 5.80. The van der Waals surface area contributed by atoms with E-state index in [4.69, 9.17) is 4.74 Å². The number of ether oxygens (including phenoxy) is 1. The first-order valence-electron chi connectivity index (χ1n) is 10.3. The summed E-state index contributed by atoms with van der Waals surface area (Å²) in [5.41, 5.74) is 1.34. The van der Waals surface area contributed by atoms with Crippen molar-refractivity contribution in [3.05, 3.63) is 18.0 Å². The Kier molecular flexibility index (Phi) is 7.52. The third kappa shape index (κ3) is 5.94. The van der Waals surface area contributed by atoms with Crippen LogP contribution in [0.2, 0.25) is 0 Å². The molecule has 7 nitrogen and oxygen atoms in total. The van der Waals surface area contributed by atoms with Gasteiger partial charge in [-0.05, 0) is 56.2 Å². The lowest BCUT2D eigenvalue weighted by atomic mass is 9.97. The number of piperidine rings is 1. The van der Waals surface area contributed by atoms with Crippen molar-refractivity contribution in [3.63, 3.8) is 0 Å². The van der Waals surface area contributed by atoms with E-state index in [9.17, 15) is 0 Å². The number of aromatic nitrogens is 2. The number of nitrogens with zero attached hydrogens (tertiary/aromatic N) is 5. The van der Waals surface area contributed by atoms with Crippen molar-refractivity contribution in [1.82, 2.24) is 24.9 Å². The van der Waals surface area contributed by atoms with Crippen LogP contribution in [0.3, 0.4) is 0 Å². The van der Waals surface area contributed by atoms with Gasteiger partial charge in [-0.1, -0.05) is 0 Å². The first-order chi connectivity index (χ1) is 13.2. The van der Waals surface area contributed by atoms with Crippen LogP contribution in [-0.4, -0.2) is 85.6 Å². The van der Waals surface area contributed by atoms with Gasteiger partial charge in [-0.25, -0.2) is 0 Å². The highest BCUT2D eigenvalue weighted by Gasteiger charge is 2.26. The first-order valence-corrected chi connectivity index (χ1v) is 10.3. The lowest BCUT2D eigenvalue weighted by Gasteiger charge is -2.32. The largest absolute Gasteiger partial charge is 0.383 e. The lowest BCUT2D eigenvalue weighted by molar-refractivity contribution is 0.120. The van der Waals surface area contributed by atoms with Crippen molar-refractivity contribution in [2.75, 3.05) is 60.0 Å². The number of aryl methyl sites for hydroxylation is 1. The van der Waals surface area contributed by atoms with Crippen LogP contribution in [0.25, 0.3) is 0 Å². The van der Waals surface area contributed by atoms with Crippen molar-refractivity contribution >= 4 is 5.96 Å². The number of rotatable bonds is 7. The summed E-state index contributed by atoms with van der Waals surface area (Å²) >= 11 is 0. The second kappa shape index (κ2) is 10.1. The predicted molar refractivity (Wildman–Crippen MR) is 109 cm³/mol. The zero-order valence-electron chi connectivity index (χ0n) is 17.2. The van der Waals surface area contributed by atoms with Crippen LogP contribution in [0.5, 0.6) is 0 Å². The summed E-state index contributed by atoms with van der Waals surface area (Å²) in [6.45, 7) is 7.49. The second-order valence-electron chi connectivity index (χ2n) is 8.03. The molecule has 27 heavy (non-hydrogen) atoms. The average molecular weight is 377 g/mol. The summed E-state index contributed by atoms with van der Waals surface area (Å²) in [7, 11) is 5.67. The highest BCUT2D eigenvalue weighted by Crippen LogP contribution is 2.21. The summed E-state index contributed by atoms with van der Waals surface area (Å²) in [6.07, 6.45) is 8.99. The number of hydrogen-bond acceptors (Lipinski definition) is 4. The number of likely N-dealkylation sites (tertiary alicyclic amines) is 2. The molecule has 7 heteroatoms. The third-order valence-corrected chi connectivity index (χ3v) is 5.95. The monoisotopic (exact) mass is 376 g/mol. The van der Waals surface area contributed by atoms with Gasteiger partial charge in [0.2, 0.25) is 0 Å². The van der Waals surface area contributed by atoms with E-state index >= 15 is 0 Å². The molecule has 0 bridgehead atoms. The summed E-state index contributed by atoms with van der Waals surface area (Å²) in [4.78, 5) is 9.48. The maximum Gasteiger partial charge on any atom is 0.193 e. The van der Waals surface area contributed by atoms with Gasteiger partial charge in [-0.3, -0.25) is 9.67 Å². The number of nitrogens with one attached hydrogen (secondary N) is 1. The predicted octanol–water partition coefficient (Wildman–Crippen LogP) is 1.22. The molecule has 3 rings (SSSR count). The minimum atomic E-state index is 0.691. The Morgan fingerprint density at radius 1 is 1.26 bits per heavy atom. The molecule has 1 atom stereocenters. The molecule has 0 aliphatic carbocycles. The smallest absolute Gasteiger partial charge is 0.193 e. The van der Waals surface area contributed by atoms with Crippen molar-refractivity contribution in [2.24, 2.45) is 23.9 Å². The van der Waals surface area contributed by atoms with Gasteiger partial charge >= 0.3 is 0 Å². The molecule has 1 aromatic rings. The van der Waals surface area contributed by atoms with Gasteiger partial charge in [0, 0.05) is 53.6 Å². The zero-order valence-corrected chi connectivity index (χ0v) is 17.2. The Labute approximate surface area is 163 Å². The molecule has 0 saturated carbocycles. The van der Waals surface area contributed by atoms with Gasteiger partial charge in [0.25, 0.3) is 0 Å². The van der Waals surface area contributed by atoms with Gasteiger partial charge < -0.3 is 19.9 Å². The van der Waals surface area contributed by atoms with Gasteiger partial charge in [-0.2, -0.15) is 5.10 Å². The van der Waals surface area contributed by atoms with Crippen LogP contribution in [0.15, 0.2) is 17.4 Å². The topological polar surface area (TPSA) is 57.9 Å². The molecule has 2 aliphatic heterocycles. The van der Waals surface area contributed by atoms with Crippen molar-refractivity contribution in [1.29, 1.82) is 0 Å². The second-order valence-corrected chi connectivity index (χ2v) is 8.03. The van der Waals surface area contributed by atoms with Crippen LogP contribution in [-0.2, 0) is 18.2 Å². The van der Waals surface area contributed by atoms with E-state index in [1.807, 2.05) is 25.0 Å². The quantitative estimate of drug-likeness (QED) is 0.573. The maximum absolute atomic E-state index is 5.19. The SMILES string of the molecule is CN=C(NCC1CCN(CCOC)CC1)N1CCC(Cc2cnn(C)c2)C1. The minimum absolute atomic E-state index is 0.691. The molecule has 2 fully saturated rings. The molecule has 0 amide bonds. The highest BCUT2D eigenvalue weighted by atomic mass is 16.5. The molecule has 152 valence electrons. The van der Waals surface area contributed by atoms with Crippen LogP contribution in [0.4, 0.5) is 0 Å². The molecule has 1 N–H and O–H groups in total. The van der Waals surface area contributed by atoms with E-state index < -0.39 is 0 Å². The maximum atomic E-state index is 5.19.